The highest BCUT2D eigenvalue weighted by molar-refractivity contribution is 6.12. The van der Waals surface area contributed by atoms with Crippen LogP contribution in [0, 0.1) is 6.92 Å². The molecule has 1 aromatic heterocycles. The Morgan fingerprint density at radius 3 is 2.81 bits per heavy atom. The van der Waals surface area contributed by atoms with Crippen molar-refractivity contribution >= 4 is 33.4 Å². The number of hydrogen-bond acceptors (Lipinski definition) is 3. The number of aryl methyl sites for hydroxylation is 1. The number of anilines is 1. The van der Waals surface area contributed by atoms with Crippen molar-refractivity contribution in [2.75, 3.05) is 25.1 Å². The molecule has 3 aromatic rings. The number of carbonyl (C=O) groups is 1. The first kappa shape index (κ1) is 18.0. The van der Waals surface area contributed by atoms with E-state index >= 15 is 0 Å². The lowest BCUT2D eigenvalue weighted by Crippen LogP contribution is -2.23. The van der Waals surface area contributed by atoms with E-state index in [1.807, 2.05) is 6.07 Å². The van der Waals surface area contributed by atoms with Crippen molar-refractivity contribution < 1.29 is 14.3 Å². The Morgan fingerprint density at radius 1 is 1.26 bits per heavy atom. The molecule has 1 saturated heterocycles. The maximum atomic E-state index is 12.4. The first-order valence-electron chi connectivity index (χ1n) is 9.57. The third-order valence-electron chi connectivity index (χ3n) is 5.26. The number of benzene rings is 2. The summed E-state index contributed by atoms with van der Waals surface area (Å²) in [5.74, 6) is -0.128. The van der Waals surface area contributed by atoms with Gasteiger partial charge in [0.2, 0.25) is 5.91 Å². The zero-order valence-corrected chi connectivity index (χ0v) is 16.1. The van der Waals surface area contributed by atoms with Gasteiger partial charge in [-0.25, -0.2) is 0 Å². The minimum absolute atomic E-state index is 0.0309. The molecule has 0 bridgehead atoms. The van der Waals surface area contributed by atoms with Crippen molar-refractivity contribution in [1.82, 2.24) is 4.57 Å². The molecule has 4 rings (SSSR count). The molecule has 27 heavy (non-hydrogen) atoms. The number of ether oxygens (including phenoxy) is 2. The van der Waals surface area contributed by atoms with Gasteiger partial charge in [-0.15, -0.1) is 0 Å². The summed E-state index contributed by atoms with van der Waals surface area (Å²) in [6, 6.07) is 12.9. The van der Waals surface area contributed by atoms with E-state index in [-0.39, 0.29) is 18.6 Å². The summed E-state index contributed by atoms with van der Waals surface area (Å²) in [6.45, 7) is 7.80. The highest BCUT2D eigenvalue weighted by Gasteiger charge is 2.19. The van der Waals surface area contributed by atoms with Crippen LogP contribution in [0.2, 0.25) is 0 Å². The number of nitrogens with one attached hydrogen (secondary N) is 1. The number of rotatable bonds is 5. The molecule has 142 valence electrons. The molecule has 1 atom stereocenters. The largest absolute Gasteiger partial charge is 0.379 e. The minimum Gasteiger partial charge on any atom is -0.379 e. The lowest BCUT2D eigenvalue weighted by atomic mass is 10.1. The lowest BCUT2D eigenvalue weighted by Gasteiger charge is -2.14. The van der Waals surface area contributed by atoms with Crippen LogP contribution >= 0.6 is 0 Å². The SMILES string of the molecule is Cc1c(NC(=O)COC2CCOC2)ccc2c1c1ccccc1n2C(C)C. The fourth-order valence-corrected chi connectivity index (χ4v) is 3.98. The molecule has 0 aliphatic carbocycles. The fourth-order valence-electron chi connectivity index (χ4n) is 3.98. The molecule has 1 N–H and O–H groups in total. The molecule has 5 heteroatoms. The number of fused-ring (bicyclic) bond motifs is 3. The zero-order chi connectivity index (χ0) is 19.0. The highest BCUT2D eigenvalue weighted by Crippen LogP contribution is 2.36. The number of carbonyl (C=O) groups excluding carboxylic acids is 1. The summed E-state index contributed by atoms with van der Waals surface area (Å²) in [5.41, 5.74) is 4.34. The number of hydrogen-bond donors (Lipinski definition) is 1. The van der Waals surface area contributed by atoms with Crippen molar-refractivity contribution in [3.05, 3.63) is 42.0 Å². The van der Waals surface area contributed by atoms with E-state index < -0.39 is 0 Å². The van der Waals surface area contributed by atoms with Gasteiger partial charge in [0.25, 0.3) is 0 Å². The average molecular weight is 366 g/mol. The summed E-state index contributed by atoms with van der Waals surface area (Å²) < 4.78 is 13.3. The Labute approximate surface area is 159 Å². The maximum absolute atomic E-state index is 12.4. The van der Waals surface area contributed by atoms with Crippen LogP contribution in [-0.2, 0) is 14.3 Å². The standard InChI is InChI=1S/C22H26N2O3/c1-14(2)24-19-7-5-4-6-17(19)22-15(3)18(8-9-20(22)24)23-21(25)13-27-16-10-11-26-12-16/h4-9,14,16H,10-13H2,1-3H3,(H,23,25). The zero-order valence-electron chi connectivity index (χ0n) is 16.1. The van der Waals surface area contributed by atoms with Crippen LogP contribution in [-0.4, -0.2) is 36.4 Å². The molecular formula is C22H26N2O3. The van der Waals surface area contributed by atoms with Gasteiger partial charge in [0.1, 0.15) is 6.61 Å². The quantitative estimate of drug-likeness (QED) is 0.727. The van der Waals surface area contributed by atoms with E-state index in [0.717, 1.165) is 17.7 Å². The third kappa shape index (κ3) is 3.33. The van der Waals surface area contributed by atoms with Crippen molar-refractivity contribution in [3.8, 4) is 0 Å². The van der Waals surface area contributed by atoms with Crippen LogP contribution in [0.1, 0.15) is 31.9 Å². The van der Waals surface area contributed by atoms with E-state index in [0.29, 0.717) is 19.3 Å². The second-order valence-corrected chi connectivity index (χ2v) is 7.46. The van der Waals surface area contributed by atoms with E-state index in [2.05, 4.69) is 61.0 Å². The Kier molecular flexibility index (Phi) is 4.89. The average Bonchev–Trinajstić information content (AvgIpc) is 3.28. The van der Waals surface area contributed by atoms with E-state index in [1.54, 1.807) is 0 Å². The Balaban J connectivity index is 1.65. The molecule has 0 saturated carbocycles. The molecule has 0 radical (unpaired) electrons. The van der Waals surface area contributed by atoms with Gasteiger partial charge >= 0.3 is 0 Å². The van der Waals surface area contributed by atoms with Gasteiger partial charge in [-0.3, -0.25) is 4.79 Å². The Morgan fingerprint density at radius 2 is 2.07 bits per heavy atom. The maximum Gasteiger partial charge on any atom is 0.250 e. The molecule has 2 heterocycles. The van der Waals surface area contributed by atoms with Crippen LogP contribution < -0.4 is 5.32 Å². The predicted molar refractivity (Wildman–Crippen MR) is 108 cm³/mol. The van der Waals surface area contributed by atoms with Crippen LogP contribution in [0.15, 0.2) is 36.4 Å². The molecule has 5 nitrogen and oxygen atoms in total. The predicted octanol–water partition coefficient (Wildman–Crippen LogP) is 4.43. The Hall–Kier alpha value is -2.37. The van der Waals surface area contributed by atoms with Gasteiger partial charge in [-0.1, -0.05) is 18.2 Å². The smallest absolute Gasteiger partial charge is 0.250 e. The van der Waals surface area contributed by atoms with Gasteiger partial charge in [0.05, 0.1) is 12.7 Å². The fraction of sp³-hybridized carbons (Fsp3) is 0.409. The van der Waals surface area contributed by atoms with Crippen molar-refractivity contribution in [2.45, 2.75) is 39.3 Å². The molecular weight excluding hydrogens is 340 g/mol. The molecule has 1 amide bonds. The first-order chi connectivity index (χ1) is 13.1. The van der Waals surface area contributed by atoms with E-state index in [4.69, 9.17) is 9.47 Å². The van der Waals surface area contributed by atoms with Gasteiger partial charge in [-0.05, 0) is 51.0 Å². The number of amides is 1. The van der Waals surface area contributed by atoms with Crippen LogP contribution in [0.25, 0.3) is 21.8 Å². The minimum atomic E-state index is -0.128. The second kappa shape index (κ2) is 7.33. The summed E-state index contributed by atoms with van der Waals surface area (Å²) >= 11 is 0. The van der Waals surface area contributed by atoms with Crippen LogP contribution in [0.3, 0.4) is 0 Å². The molecule has 2 aromatic carbocycles. The van der Waals surface area contributed by atoms with Crippen molar-refractivity contribution in [3.63, 3.8) is 0 Å². The highest BCUT2D eigenvalue weighted by atomic mass is 16.5. The molecule has 1 unspecified atom stereocenters. The first-order valence-corrected chi connectivity index (χ1v) is 9.57. The third-order valence-corrected chi connectivity index (χ3v) is 5.26. The van der Waals surface area contributed by atoms with Crippen molar-refractivity contribution in [2.24, 2.45) is 0 Å². The number of nitrogens with zero attached hydrogens (tertiary/aromatic N) is 1. The topological polar surface area (TPSA) is 52.5 Å². The van der Waals surface area contributed by atoms with Crippen molar-refractivity contribution in [1.29, 1.82) is 0 Å². The van der Waals surface area contributed by atoms with Crippen LogP contribution in [0.4, 0.5) is 5.69 Å². The summed E-state index contributed by atoms with van der Waals surface area (Å²) in [4.78, 5) is 12.4. The van der Waals surface area contributed by atoms with E-state index in [9.17, 15) is 4.79 Å². The van der Waals surface area contributed by atoms with E-state index in [1.165, 1.54) is 21.8 Å². The van der Waals surface area contributed by atoms with Gasteiger partial charge in [0.15, 0.2) is 0 Å². The summed E-state index contributed by atoms with van der Waals surface area (Å²) in [5, 5.41) is 5.43. The molecule has 1 aliphatic heterocycles. The number of aromatic nitrogens is 1. The Bertz CT molecular complexity index is 984. The summed E-state index contributed by atoms with van der Waals surface area (Å²) in [7, 11) is 0. The van der Waals surface area contributed by atoms with Gasteiger partial charge < -0.3 is 19.4 Å². The second-order valence-electron chi connectivity index (χ2n) is 7.46. The van der Waals surface area contributed by atoms with Gasteiger partial charge in [0, 0.05) is 40.1 Å². The number of para-hydroxylation sites is 1. The molecule has 1 aliphatic rings. The lowest BCUT2D eigenvalue weighted by molar-refractivity contribution is -0.122. The molecule has 1 fully saturated rings. The van der Waals surface area contributed by atoms with Crippen LogP contribution in [0.5, 0.6) is 0 Å². The van der Waals surface area contributed by atoms with Gasteiger partial charge in [-0.2, -0.15) is 0 Å². The summed E-state index contributed by atoms with van der Waals surface area (Å²) in [6.07, 6.45) is 0.885. The molecule has 0 spiro atoms. The normalized spacial score (nSPS) is 17.3. The monoisotopic (exact) mass is 366 g/mol.